The maximum absolute atomic E-state index is 12.1. The molecule has 5 nitrogen and oxygen atoms in total. The number of amides is 2. The number of nitrogens with one attached hydrogen (secondary N) is 2. The zero-order valence-electron chi connectivity index (χ0n) is 14.6. The highest BCUT2D eigenvalue weighted by Crippen LogP contribution is 2.20. The van der Waals surface area contributed by atoms with Crippen LogP contribution in [-0.2, 0) is 4.74 Å². The molecular weight excluding hydrogens is 316 g/mol. The first kappa shape index (κ1) is 17.7. The van der Waals surface area contributed by atoms with E-state index in [1.54, 1.807) is 0 Å². The molecule has 2 aromatic carbocycles. The number of hydrogen-bond acceptors (Lipinski definition) is 3. The van der Waals surface area contributed by atoms with E-state index in [0.29, 0.717) is 5.92 Å². The van der Waals surface area contributed by atoms with Crippen LogP contribution in [0.3, 0.4) is 0 Å². The summed E-state index contributed by atoms with van der Waals surface area (Å²) in [6.45, 7) is 3.73. The second-order valence-corrected chi connectivity index (χ2v) is 6.72. The predicted octanol–water partition coefficient (Wildman–Crippen LogP) is 2.99. The Bertz CT molecular complexity index is 713. The van der Waals surface area contributed by atoms with Crippen molar-refractivity contribution in [3.05, 3.63) is 48.0 Å². The van der Waals surface area contributed by atoms with Gasteiger partial charge in [-0.15, -0.1) is 0 Å². The molecule has 5 heteroatoms. The zero-order valence-corrected chi connectivity index (χ0v) is 14.6. The number of rotatable bonds is 5. The normalized spacial score (nSPS) is 17.8. The Balaban J connectivity index is 1.50. The molecule has 134 valence electrons. The molecule has 2 aromatic rings. The van der Waals surface area contributed by atoms with Crippen molar-refractivity contribution in [1.29, 1.82) is 0 Å². The van der Waals surface area contributed by atoms with E-state index in [1.165, 1.54) is 0 Å². The number of aliphatic hydroxyl groups excluding tert-OH is 1. The molecule has 0 radical (unpaired) electrons. The van der Waals surface area contributed by atoms with Gasteiger partial charge in [-0.2, -0.15) is 0 Å². The third-order valence-corrected chi connectivity index (χ3v) is 4.95. The number of benzene rings is 2. The number of ether oxygens (including phenoxy) is 1. The first-order valence-electron chi connectivity index (χ1n) is 8.92. The van der Waals surface area contributed by atoms with Gasteiger partial charge in [0.25, 0.3) is 0 Å². The van der Waals surface area contributed by atoms with Crippen molar-refractivity contribution in [1.82, 2.24) is 10.6 Å². The lowest BCUT2D eigenvalue weighted by Crippen LogP contribution is -2.46. The SMILES string of the molecule is CC(NC(=O)NCC(O)c1ccc2ccccc2c1)C1CCOCC1. The first-order valence-corrected chi connectivity index (χ1v) is 8.92. The maximum Gasteiger partial charge on any atom is 0.315 e. The van der Waals surface area contributed by atoms with Crippen molar-refractivity contribution in [2.45, 2.75) is 31.9 Å². The van der Waals surface area contributed by atoms with Crippen LogP contribution in [-0.4, -0.2) is 36.9 Å². The molecule has 0 aromatic heterocycles. The van der Waals surface area contributed by atoms with Crippen LogP contribution >= 0.6 is 0 Å². The summed E-state index contributed by atoms with van der Waals surface area (Å²) in [5.74, 6) is 0.449. The third kappa shape index (κ3) is 4.71. The van der Waals surface area contributed by atoms with Gasteiger partial charge in [-0.25, -0.2) is 4.79 Å². The van der Waals surface area contributed by atoms with Crippen LogP contribution < -0.4 is 10.6 Å². The fourth-order valence-electron chi connectivity index (χ4n) is 3.31. The van der Waals surface area contributed by atoms with Gasteiger partial charge < -0.3 is 20.5 Å². The molecule has 2 amide bonds. The molecule has 1 fully saturated rings. The van der Waals surface area contributed by atoms with E-state index in [0.717, 1.165) is 42.4 Å². The van der Waals surface area contributed by atoms with Gasteiger partial charge in [0, 0.05) is 25.8 Å². The number of aliphatic hydroxyl groups is 1. The minimum absolute atomic E-state index is 0.0988. The van der Waals surface area contributed by atoms with E-state index in [4.69, 9.17) is 4.74 Å². The standard InChI is InChI=1S/C20H26N2O3/c1-14(15-8-10-25-11-9-15)22-20(24)21-13-19(23)18-7-6-16-4-2-3-5-17(16)12-18/h2-7,12,14-15,19,23H,8-11,13H2,1H3,(H2,21,22,24). The minimum Gasteiger partial charge on any atom is -0.387 e. The lowest BCUT2D eigenvalue weighted by atomic mass is 9.93. The molecule has 2 unspecified atom stereocenters. The summed E-state index contributed by atoms with van der Waals surface area (Å²) >= 11 is 0. The molecule has 0 bridgehead atoms. The average molecular weight is 342 g/mol. The van der Waals surface area contributed by atoms with Gasteiger partial charge in [-0.1, -0.05) is 36.4 Å². The van der Waals surface area contributed by atoms with Crippen molar-refractivity contribution >= 4 is 16.8 Å². The number of carbonyl (C=O) groups excluding carboxylic acids is 1. The van der Waals surface area contributed by atoms with Crippen molar-refractivity contribution in [2.24, 2.45) is 5.92 Å². The molecule has 1 aliphatic rings. The van der Waals surface area contributed by atoms with Gasteiger partial charge in [-0.3, -0.25) is 0 Å². The van der Waals surface area contributed by atoms with E-state index in [9.17, 15) is 9.90 Å². The van der Waals surface area contributed by atoms with Gasteiger partial charge in [-0.05, 0) is 48.1 Å². The van der Waals surface area contributed by atoms with Crippen molar-refractivity contribution in [2.75, 3.05) is 19.8 Å². The third-order valence-electron chi connectivity index (χ3n) is 4.95. The van der Waals surface area contributed by atoms with Crippen LogP contribution in [0.5, 0.6) is 0 Å². The van der Waals surface area contributed by atoms with Crippen LogP contribution in [0, 0.1) is 5.92 Å². The van der Waals surface area contributed by atoms with Gasteiger partial charge >= 0.3 is 6.03 Å². The van der Waals surface area contributed by atoms with Crippen LogP contribution in [0.1, 0.15) is 31.4 Å². The second kappa shape index (κ2) is 8.32. The average Bonchev–Trinajstić information content (AvgIpc) is 2.66. The summed E-state index contributed by atoms with van der Waals surface area (Å²) in [6.07, 6.45) is 1.22. The summed E-state index contributed by atoms with van der Waals surface area (Å²) in [6, 6.07) is 13.7. The van der Waals surface area contributed by atoms with Gasteiger partial charge in [0.15, 0.2) is 0 Å². The zero-order chi connectivity index (χ0) is 17.6. The molecule has 25 heavy (non-hydrogen) atoms. The van der Waals surface area contributed by atoms with Crippen LogP contribution in [0.4, 0.5) is 4.79 Å². The molecule has 1 saturated heterocycles. The topological polar surface area (TPSA) is 70.6 Å². The van der Waals surface area contributed by atoms with Gasteiger partial charge in [0.2, 0.25) is 0 Å². The molecule has 2 atom stereocenters. The molecule has 3 N–H and O–H groups in total. The van der Waals surface area contributed by atoms with E-state index >= 15 is 0 Å². The Morgan fingerprint density at radius 3 is 2.68 bits per heavy atom. The van der Waals surface area contributed by atoms with Crippen molar-refractivity contribution in [3.63, 3.8) is 0 Å². The Morgan fingerprint density at radius 1 is 1.20 bits per heavy atom. The maximum atomic E-state index is 12.1. The number of carbonyl (C=O) groups is 1. The fraction of sp³-hybridized carbons (Fsp3) is 0.450. The summed E-state index contributed by atoms with van der Waals surface area (Å²) < 4.78 is 5.35. The van der Waals surface area contributed by atoms with Gasteiger partial charge in [0.05, 0.1) is 6.10 Å². The van der Waals surface area contributed by atoms with Crippen LogP contribution in [0.15, 0.2) is 42.5 Å². The van der Waals surface area contributed by atoms with Crippen molar-refractivity contribution in [3.8, 4) is 0 Å². The van der Waals surface area contributed by atoms with Crippen LogP contribution in [0.25, 0.3) is 10.8 Å². The Labute approximate surface area is 148 Å². The first-order chi connectivity index (χ1) is 12.1. The fourth-order valence-corrected chi connectivity index (χ4v) is 3.31. The summed E-state index contributed by atoms with van der Waals surface area (Å²) in [5, 5.41) is 18.3. The highest BCUT2D eigenvalue weighted by molar-refractivity contribution is 5.83. The monoisotopic (exact) mass is 342 g/mol. The quantitative estimate of drug-likeness (QED) is 0.782. The Kier molecular flexibility index (Phi) is 5.89. The summed E-state index contributed by atoms with van der Waals surface area (Å²) in [4.78, 5) is 12.1. The Hall–Kier alpha value is -2.11. The van der Waals surface area contributed by atoms with E-state index in [-0.39, 0.29) is 18.6 Å². The lowest BCUT2D eigenvalue weighted by Gasteiger charge is -2.28. The van der Waals surface area contributed by atoms with E-state index in [2.05, 4.69) is 10.6 Å². The molecule has 3 rings (SSSR count). The van der Waals surface area contributed by atoms with E-state index < -0.39 is 6.10 Å². The minimum atomic E-state index is -0.728. The van der Waals surface area contributed by atoms with Crippen molar-refractivity contribution < 1.29 is 14.6 Å². The Morgan fingerprint density at radius 2 is 1.92 bits per heavy atom. The molecule has 0 saturated carbocycles. The largest absolute Gasteiger partial charge is 0.387 e. The molecule has 0 aliphatic carbocycles. The summed E-state index contributed by atoms with van der Waals surface area (Å²) in [7, 11) is 0. The predicted molar refractivity (Wildman–Crippen MR) is 98.4 cm³/mol. The molecule has 1 heterocycles. The van der Waals surface area contributed by atoms with Crippen LogP contribution in [0.2, 0.25) is 0 Å². The highest BCUT2D eigenvalue weighted by atomic mass is 16.5. The number of urea groups is 1. The highest BCUT2D eigenvalue weighted by Gasteiger charge is 2.22. The van der Waals surface area contributed by atoms with E-state index in [1.807, 2.05) is 49.4 Å². The number of fused-ring (bicyclic) bond motifs is 1. The molecular formula is C20H26N2O3. The summed E-state index contributed by atoms with van der Waals surface area (Å²) in [5.41, 5.74) is 0.802. The second-order valence-electron chi connectivity index (χ2n) is 6.72. The molecule has 0 spiro atoms. The number of hydrogen-bond donors (Lipinski definition) is 3. The smallest absolute Gasteiger partial charge is 0.315 e. The van der Waals surface area contributed by atoms with Gasteiger partial charge in [0.1, 0.15) is 0 Å². The lowest BCUT2D eigenvalue weighted by molar-refractivity contribution is 0.0570. The molecule has 1 aliphatic heterocycles.